The predicted molar refractivity (Wildman–Crippen MR) is 68.6 cm³/mol. The van der Waals surface area contributed by atoms with E-state index in [9.17, 15) is 9.90 Å². The third-order valence-electron chi connectivity index (χ3n) is 3.38. The number of hydrogen-bond acceptors (Lipinski definition) is 2. The van der Waals surface area contributed by atoms with E-state index >= 15 is 0 Å². The van der Waals surface area contributed by atoms with Crippen LogP contribution in [-0.2, 0) is 0 Å². The lowest BCUT2D eigenvalue weighted by molar-refractivity contribution is 0.0697. The molecule has 1 saturated heterocycles. The average Bonchev–Trinajstić information content (AvgIpc) is 2.27. The summed E-state index contributed by atoms with van der Waals surface area (Å²) in [4.78, 5) is 13.4. The first kappa shape index (κ1) is 12.0. The minimum Gasteiger partial charge on any atom is -0.478 e. The van der Waals surface area contributed by atoms with E-state index in [2.05, 4.69) is 18.7 Å². The lowest BCUT2D eigenvalue weighted by Gasteiger charge is -2.39. The van der Waals surface area contributed by atoms with E-state index in [0.29, 0.717) is 5.56 Å². The van der Waals surface area contributed by atoms with Gasteiger partial charge in [-0.05, 0) is 30.4 Å². The van der Waals surface area contributed by atoms with Crippen LogP contribution in [0.4, 0.5) is 5.69 Å². The highest BCUT2D eigenvalue weighted by Crippen LogP contribution is 2.32. The molecule has 0 aromatic heterocycles. The monoisotopic (exact) mass is 233 g/mol. The summed E-state index contributed by atoms with van der Waals surface area (Å²) >= 11 is 0. The van der Waals surface area contributed by atoms with Gasteiger partial charge in [0.2, 0.25) is 0 Å². The van der Waals surface area contributed by atoms with Crippen LogP contribution in [0.25, 0.3) is 0 Å². The molecule has 1 aliphatic rings. The van der Waals surface area contributed by atoms with Gasteiger partial charge in [0.1, 0.15) is 0 Å². The van der Waals surface area contributed by atoms with Crippen LogP contribution < -0.4 is 4.90 Å². The number of nitrogens with zero attached hydrogens (tertiary/aromatic N) is 1. The highest BCUT2D eigenvalue weighted by molar-refractivity contribution is 5.94. The fraction of sp³-hybridized carbons (Fsp3) is 0.500. The Morgan fingerprint density at radius 3 is 2.71 bits per heavy atom. The maximum absolute atomic E-state index is 11.2. The zero-order chi connectivity index (χ0) is 12.5. The smallest absolute Gasteiger partial charge is 0.337 e. The van der Waals surface area contributed by atoms with E-state index in [1.165, 1.54) is 6.42 Å². The van der Waals surface area contributed by atoms with Crippen LogP contribution in [0.5, 0.6) is 0 Å². The molecule has 0 amide bonds. The highest BCUT2D eigenvalue weighted by atomic mass is 16.4. The molecule has 1 N–H and O–H groups in total. The summed E-state index contributed by atoms with van der Waals surface area (Å²) in [5.41, 5.74) is 1.53. The van der Waals surface area contributed by atoms with Crippen molar-refractivity contribution in [3.8, 4) is 0 Å². The quantitative estimate of drug-likeness (QED) is 0.853. The molecule has 0 atom stereocenters. The molecule has 0 aliphatic carbocycles. The zero-order valence-electron chi connectivity index (χ0n) is 10.4. The SMILES string of the molecule is CC1(C)CCCN(c2ccccc2C(=O)O)C1. The van der Waals surface area contributed by atoms with Crippen molar-refractivity contribution in [2.45, 2.75) is 26.7 Å². The normalized spacial score (nSPS) is 19.1. The lowest BCUT2D eigenvalue weighted by Crippen LogP contribution is -2.40. The molecule has 17 heavy (non-hydrogen) atoms. The summed E-state index contributed by atoms with van der Waals surface area (Å²) in [6.45, 7) is 6.36. The first-order chi connectivity index (χ1) is 7.99. The molecule has 92 valence electrons. The van der Waals surface area contributed by atoms with Gasteiger partial charge < -0.3 is 10.0 Å². The fourth-order valence-electron chi connectivity index (χ4n) is 2.56. The van der Waals surface area contributed by atoms with Crippen LogP contribution in [0, 0.1) is 5.41 Å². The third kappa shape index (κ3) is 2.60. The molecular weight excluding hydrogens is 214 g/mol. The summed E-state index contributed by atoms with van der Waals surface area (Å²) in [5, 5.41) is 9.20. The van der Waals surface area contributed by atoms with E-state index in [0.717, 1.165) is 25.2 Å². The van der Waals surface area contributed by atoms with Crippen LogP contribution in [0.1, 0.15) is 37.0 Å². The largest absolute Gasteiger partial charge is 0.478 e. The Hall–Kier alpha value is -1.51. The molecule has 2 rings (SSSR count). The number of carboxylic acids is 1. The van der Waals surface area contributed by atoms with E-state index in [1.807, 2.05) is 12.1 Å². The molecule has 0 bridgehead atoms. The molecular formula is C14H19NO2. The zero-order valence-corrected chi connectivity index (χ0v) is 10.4. The Morgan fingerprint density at radius 2 is 2.06 bits per heavy atom. The number of benzene rings is 1. The number of carboxylic acid groups (broad SMARTS) is 1. The molecule has 3 heteroatoms. The molecule has 1 heterocycles. The number of rotatable bonds is 2. The van der Waals surface area contributed by atoms with E-state index in [1.54, 1.807) is 12.1 Å². The molecule has 0 spiro atoms. The Kier molecular flexibility index (Phi) is 3.09. The van der Waals surface area contributed by atoms with Gasteiger partial charge >= 0.3 is 5.97 Å². The summed E-state index contributed by atoms with van der Waals surface area (Å²) in [6, 6.07) is 7.27. The van der Waals surface area contributed by atoms with Crippen LogP contribution in [0.3, 0.4) is 0 Å². The van der Waals surface area contributed by atoms with Gasteiger partial charge in [0, 0.05) is 13.1 Å². The van der Waals surface area contributed by atoms with Gasteiger partial charge in [0.25, 0.3) is 0 Å². The summed E-state index contributed by atoms with van der Waals surface area (Å²) in [6.07, 6.45) is 2.33. The van der Waals surface area contributed by atoms with E-state index in [-0.39, 0.29) is 5.41 Å². The van der Waals surface area contributed by atoms with Crippen molar-refractivity contribution in [1.29, 1.82) is 0 Å². The molecule has 0 unspecified atom stereocenters. The Balaban J connectivity index is 2.30. The molecule has 1 aliphatic heterocycles. The third-order valence-corrected chi connectivity index (χ3v) is 3.38. The molecule has 1 aromatic rings. The number of aromatic carboxylic acids is 1. The lowest BCUT2D eigenvalue weighted by atomic mass is 9.84. The summed E-state index contributed by atoms with van der Waals surface area (Å²) in [7, 11) is 0. The van der Waals surface area contributed by atoms with Crippen molar-refractivity contribution >= 4 is 11.7 Å². The topological polar surface area (TPSA) is 40.5 Å². The first-order valence-electron chi connectivity index (χ1n) is 6.07. The second kappa shape index (κ2) is 4.40. The van der Waals surface area contributed by atoms with E-state index < -0.39 is 5.97 Å². The van der Waals surface area contributed by atoms with Gasteiger partial charge in [0.05, 0.1) is 11.3 Å². The number of hydrogen-bond donors (Lipinski definition) is 1. The average molecular weight is 233 g/mol. The van der Waals surface area contributed by atoms with Crippen LogP contribution in [0.2, 0.25) is 0 Å². The fourth-order valence-corrected chi connectivity index (χ4v) is 2.56. The molecule has 0 saturated carbocycles. The first-order valence-corrected chi connectivity index (χ1v) is 6.07. The number of anilines is 1. The van der Waals surface area contributed by atoms with Crippen molar-refractivity contribution in [2.24, 2.45) is 5.41 Å². The number of piperidine rings is 1. The predicted octanol–water partition coefficient (Wildman–Crippen LogP) is 3.01. The Morgan fingerprint density at radius 1 is 1.35 bits per heavy atom. The van der Waals surface area contributed by atoms with Gasteiger partial charge in [-0.3, -0.25) is 0 Å². The number of para-hydroxylation sites is 1. The second-order valence-electron chi connectivity index (χ2n) is 5.51. The minimum atomic E-state index is -0.844. The minimum absolute atomic E-state index is 0.268. The maximum Gasteiger partial charge on any atom is 0.337 e. The van der Waals surface area contributed by atoms with Crippen LogP contribution in [0.15, 0.2) is 24.3 Å². The molecule has 1 aromatic carbocycles. The molecule has 3 nitrogen and oxygen atoms in total. The number of carbonyl (C=O) groups is 1. The van der Waals surface area contributed by atoms with Gasteiger partial charge in [-0.15, -0.1) is 0 Å². The van der Waals surface area contributed by atoms with Crippen molar-refractivity contribution < 1.29 is 9.90 Å². The van der Waals surface area contributed by atoms with Crippen molar-refractivity contribution in [3.05, 3.63) is 29.8 Å². The Bertz CT molecular complexity index is 426. The van der Waals surface area contributed by atoms with Crippen LogP contribution in [-0.4, -0.2) is 24.2 Å². The van der Waals surface area contributed by atoms with Crippen molar-refractivity contribution in [3.63, 3.8) is 0 Å². The summed E-state index contributed by atoms with van der Waals surface area (Å²) in [5.74, 6) is -0.844. The van der Waals surface area contributed by atoms with Gasteiger partial charge in [-0.1, -0.05) is 26.0 Å². The Labute approximate surface area is 102 Å². The highest BCUT2D eigenvalue weighted by Gasteiger charge is 2.28. The standard InChI is InChI=1S/C14H19NO2/c1-14(2)8-5-9-15(10-14)12-7-4-3-6-11(12)13(16)17/h3-4,6-7H,5,8-10H2,1-2H3,(H,16,17). The molecule has 0 radical (unpaired) electrons. The second-order valence-corrected chi connectivity index (χ2v) is 5.51. The van der Waals surface area contributed by atoms with Crippen LogP contribution >= 0.6 is 0 Å². The molecule has 1 fully saturated rings. The van der Waals surface area contributed by atoms with Crippen molar-refractivity contribution in [1.82, 2.24) is 0 Å². The van der Waals surface area contributed by atoms with Gasteiger partial charge in [-0.25, -0.2) is 4.79 Å². The van der Waals surface area contributed by atoms with E-state index in [4.69, 9.17) is 0 Å². The van der Waals surface area contributed by atoms with Gasteiger partial charge in [-0.2, -0.15) is 0 Å². The van der Waals surface area contributed by atoms with Gasteiger partial charge in [0.15, 0.2) is 0 Å². The van der Waals surface area contributed by atoms with Crippen molar-refractivity contribution in [2.75, 3.05) is 18.0 Å². The summed E-state index contributed by atoms with van der Waals surface area (Å²) < 4.78 is 0. The maximum atomic E-state index is 11.2.